The van der Waals surface area contributed by atoms with E-state index in [0.29, 0.717) is 36.3 Å². The number of rotatable bonds is 3. The lowest BCUT2D eigenvalue weighted by molar-refractivity contribution is 0.00359. The van der Waals surface area contributed by atoms with Gasteiger partial charge in [0, 0.05) is 18.7 Å². The minimum Gasteiger partial charge on any atom is -0.377 e. The zero-order valence-electron chi connectivity index (χ0n) is 11.1. The monoisotopic (exact) mass is 283 g/mol. The van der Waals surface area contributed by atoms with E-state index in [1.807, 2.05) is 18.7 Å². The van der Waals surface area contributed by atoms with Gasteiger partial charge in [0.25, 0.3) is 5.91 Å². The summed E-state index contributed by atoms with van der Waals surface area (Å²) < 4.78 is 5.34. The smallest absolute Gasteiger partial charge is 0.254 e. The summed E-state index contributed by atoms with van der Waals surface area (Å²) in [4.78, 5) is 18.4. The molecule has 5 nitrogen and oxygen atoms in total. The number of nitrogens with one attached hydrogen (secondary N) is 1. The molecule has 1 atom stereocenters. The van der Waals surface area contributed by atoms with Gasteiger partial charge in [-0.05, 0) is 26.0 Å². The number of hydrogen-bond acceptors (Lipinski definition) is 4. The van der Waals surface area contributed by atoms with E-state index in [9.17, 15) is 4.79 Å². The molecule has 1 saturated heterocycles. The van der Waals surface area contributed by atoms with Crippen molar-refractivity contribution in [2.24, 2.45) is 0 Å². The van der Waals surface area contributed by atoms with Gasteiger partial charge >= 0.3 is 0 Å². The van der Waals surface area contributed by atoms with Crippen molar-refractivity contribution in [3.63, 3.8) is 0 Å². The van der Waals surface area contributed by atoms with Crippen molar-refractivity contribution in [3.8, 4) is 0 Å². The Balaban J connectivity index is 2.22. The van der Waals surface area contributed by atoms with Gasteiger partial charge in [0.1, 0.15) is 11.0 Å². The van der Waals surface area contributed by atoms with Crippen LogP contribution >= 0.6 is 11.6 Å². The maximum Gasteiger partial charge on any atom is 0.254 e. The molecule has 1 fully saturated rings. The number of aromatic nitrogens is 1. The normalized spacial score (nSPS) is 19.3. The predicted octanol–water partition coefficient (Wildman–Crippen LogP) is 2.03. The van der Waals surface area contributed by atoms with Crippen molar-refractivity contribution in [2.75, 3.05) is 31.6 Å². The summed E-state index contributed by atoms with van der Waals surface area (Å²) in [5, 5.41) is 3.39. The highest BCUT2D eigenvalue weighted by Crippen LogP contribution is 2.18. The van der Waals surface area contributed by atoms with E-state index in [1.54, 1.807) is 12.1 Å². The van der Waals surface area contributed by atoms with Gasteiger partial charge < -0.3 is 15.0 Å². The molecule has 1 aromatic rings. The van der Waals surface area contributed by atoms with Crippen LogP contribution in [0.4, 0.5) is 5.82 Å². The third kappa shape index (κ3) is 3.36. The summed E-state index contributed by atoms with van der Waals surface area (Å²) in [5.41, 5.74) is 0.560. The average Bonchev–Trinajstić information content (AvgIpc) is 2.38. The van der Waals surface area contributed by atoms with E-state index in [4.69, 9.17) is 16.3 Å². The van der Waals surface area contributed by atoms with Crippen molar-refractivity contribution in [1.29, 1.82) is 0 Å². The minimum absolute atomic E-state index is 0.0285. The Kier molecular flexibility index (Phi) is 4.61. The average molecular weight is 284 g/mol. The standard InChI is InChI=1S/C13H18ClN3O2/c1-3-15-12-7-10(6-11(14)16-12)13(18)17-4-5-19-8-9(17)2/h6-7,9H,3-5,8H2,1-2H3,(H,15,16). The Labute approximate surface area is 117 Å². The first-order valence-electron chi connectivity index (χ1n) is 6.42. The second-order valence-corrected chi connectivity index (χ2v) is 4.90. The number of amides is 1. The molecule has 1 aliphatic heterocycles. The van der Waals surface area contributed by atoms with E-state index < -0.39 is 0 Å². The van der Waals surface area contributed by atoms with Crippen molar-refractivity contribution in [3.05, 3.63) is 22.8 Å². The van der Waals surface area contributed by atoms with Gasteiger partial charge in [0.2, 0.25) is 0 Å². The fraction of sp³-hybridized carbons (Fsp3) is 0.538. The summed E-state index contributed by atoms with van der Waals surface area (Å²) in [5.74, 6) is 0.596. The SMILES string of the molecule is CCNc1cc(C(=O)N2CCOCC2C)cc(Cl)n1. The van der Waals surface area contributed by atoms with Crippen LogP contribution in [-0.4, -0.2) is 48.1 Å². The molecular formula is C13H18ClN3O2. The van der Waals surface area contributed by atoms with Crippen molar-refractivity contribution < 1.29 is 9.53 Å². The first kappa shape index (κ1) is 14.1. The lowest BCUT2D eigenvalue weighted by Crippen LogP contribution is -2.47. The summed E-state index contributed by atoms with van der Waals surface area (Å²) in [7, 11) is 0. The van der Waals surface area contributed by atoms with E-state index >= 15 is 0 Å². The Hall–Kier alpha value is -1.33. The lowest BCUT2D eigenvalue weighted by atomic mass is 10.1. The van der Waals surface area contributed by atoms with E-state index in [1.165, 1.54) is 0 Å². The molecule has 1 amide bonds. The van der Waals surface area contributed by atoms with Crippen LogP contribution in [0.5, 0.6) is 0 Å². The molecule has 1 aromatic heterocycles. The van der Waals surface area contributed by atoms with Crippen LogP contribution in [0.3, 0.4) is 0 Å². The van der Waals surface area contributed by atoms with Crippen LogP contribution < -0.4 is 5.32 Å². The van der Waals surface area contributed by atoms with Crippen molar-refractivity contribution >= 4 is 23.3 Å². The van der Waals surface area contributed by atoms with Gasteiger partial charge in [-0.25, -0.2) is 4.98 Å². The van der Waals surface area contributed by atoms with Gasteiger partial charge in [-0.3, -0.25) is 4.79 Å². The zero-order chi connectivity index (χ0) is 13.8. The molecule has 1 N–H and O–H groups in total. The second kappa shape index (κ2) is 6.21. The molecule has 104 valence electrons. The van der Waals surface area contributed by atoms with E-state index in [-0.39, 0.29) is 11.9 Å². The lowest BCUT2D eigenvalue weighted by Gasteiger charge is -2.33. The third-order valence-electron chi connectivity index (χ3n) is 3.03. The highest BCUT2D eigenvalue weighted by Gasteiger charge is 2.25. The Morgan fingerprint density at radius 1 is 1.63 bits per heavy atom. The van der Waals surface area contributed by atoms with Gasteiger partial charge in [0.05, 0.1) is 19.3 Å². The number of anilines is 1. The molecule has 0 radical (unpaired) electrons. The molecule has 0 aromatic carbocycles. The molecule has 1 unspecified atom stereocenters. The quantitative estimate of drug-likeness (QED) is 0.863. The maximum atomic E-state index is 12.5. The molecule has 2 rings (SSSR count). The molecule has 0 saturated carbocycles. The topological polar surface area (TPSA) is 54.5 Å². The third-order valence-corrected chi connectivity index (χ3v) is 3.22. The Morgan fingerprint density at radius 2 is 2.42 bits per heavy atom. The number of morpholine rings is 1. The highest BCUT2D eigenvalue weighted by molar-refractivity contribution is 6.29. The molecule has 1 aliphatic rings. The summed E-state index contributed by atoms with van der Waals surface area (Å²) in [6, 6.07) is 3.42. The minimum atomic E-state index is -0.0285. The van der Waals surface area contributed by atoms with E-state index in [2.05, 4.69) is 10.3 Å². The van der Waals surface area contributed by atoms with Gasteiger partial charge in [0.15, 0.2) is 0 Å². The molecule has 0 bridgehead atoms. The number of nitrogens with zero attached hydrogens (tertiary/aromatic N) is 2. The number of carbonyl (C=O) groups excluding carboxylic acids is 1. The molecular weight excluding hydrogens is 266 g/mol. The fourth-order valence-electron chi connectivity index (χ4n) is 2.09. The molecule has 6 heteroatoms. The number of hydrogen-bond donors (Lipinski definition) is 1. The number of halogens is 1. The largest absolute Gasteiger partial charge is 0.377 e. The zero-order valence-corrected chi connectivity index (χ0v) is 11.9. The van der Waals surface area contributed by atoms with Crippen LogP contribution in [0.15, 0.2) is 12.1 Å². The Bertz CT molecular complexity index is 467. The Morgan fingerprint density at radius 3 is 3.11 bits per heavy atom. The molecule has 19 heavy (non-hydrogen) atoms. The van der Waals surface area contributed by atoms with Gasteiger partial charge in [-0.1, -0.05) is 11.6 Å². The summed E-state index contributed by atoms with van der Waals surface area (Å²) >= 11 is 5.96. The summed E-state index contributed by atoms with van der Waals surface area (Å²) in [6.07, 6.45) is 0. The maximum absolute atomic E-state index is 12.5. The van der Waals surface area contributed by atoms with E-state index in [0.717, 1.165) is 6.54 Å². The number of carbonyl (C=O) groups is 1. The van der Waals surface area contributed by atoms with Gasteiger partial charge in [-0.15, -0.1) is 0 Å². The molecule has 0 spiro atoms. The summed E-state index contributed by atoms with van der Waals surface area (Å²) in [6.45, 7) is 6.43. The molecule has 2 heterocycles. The first-order valence-corrected chi connectivity index (χ1v) is 6.79. The van der Waals surface area contributed by atoms with Crippen LogP contribution in [0.2, 0.25) is 5.15 Å². The molecule has 0 aliphatic carbocycles. The van der Waals surface area contributed by atoms with Crippen molar-refractivity contribution in [2.45, 2.75) is 19.9 Å². The predicted molar refractivity (Wildman–Crippen MR) is 74.7 cm³/mol. The van der Waals surface area contributed by atoms with Crippen LogP contribution in [0.25, 0.3) is 0 Å². The van der Waals surface area contributed by atoms with Crippen LogP contribution in [0.1, 0.15) is 24.2 Å². The number of ether oxygens (including phenoxy) is 1. The highest BCUT2D eigenvalue weighted by atomic mass is 35.5. The van der Waals surface area contributed by atoms with Crippen LogP contribution in [-0.2, 0) is 4.74 Å². The first-order chi connectivity index (χ1) is 9.11. The van der Waals surface area contributed by atoms with Crippen molar-refractivity contribution in [1.82, 2.24) is 9.88 Å². The fourth-order valence-corrected chi connectivity index (χ4v) is 2.30. The number of pyridine rings is 1. The van der Waals surface area contributed by atoms with Gasteiger partial charge in [-0.2, -0.15) is 0 Å². The second-order valence-electron chi connectivity index (χ2n) is 4.52. The van der Waals surface area contributed by atoms with Crippen LogP contribution in [0, 0.1) is 0 Å².